The monoisotopic (exact) mass is 355 g/mol. The fourth-order valence-corrected chi connectivity index (χ4v) is 2.51. The van der Waals surface area contributed by atoms with E-state index in [4.69, 9.17) is 9.84 Å². The predicted octanol–water partition coefficient (Wildman–Crippen LogP) is -0.697. The van der Waals surface area contributed by atoms with E-state index in [1.54, 1.807) is 13.8 Å². The Labute approximate surface area is 140 Å². The Morgan fingerprint density at radius 1 is 1.56 bits per heavy atom. The number of alkyl halides is 1. The number of nitrogens with zero attached hydrogens (tertiary/aromatic N) is 3. The minimum Gasteiger partial charge on any atom is -0.394 e. The van der Waals surface area contributed by atoms with Crippen molar-refractivity contribution in [1.82, 2.24) is 19.5 Å². The van der Waals surface area contributed by atoms with Gasteiger partial charge in [-0.15, -0.1) is 0 Å². The molecule has 3 rings (SSSR count). The minimum absolute atomic E-state index is 0.0127. The molecule has 0 spiro atoms. The van der Waals surface area contributed by atoms with E-state index in [9.17, 15) is 19.1 Å². The van der Waals surface area contributed by atoms with Crippen molar-refractivity contribution in [1.29, 1.82) is 0 Å². The lowest BCUT2D eigenvalue weighted by Crippen LogP contribution is -2.30. The lowest BCUT2D eigenvalue weighted by atomic mass is 10.1. The summed E-state index contributed by atoms with van der Waals surface area (Å²) in [6, 6.07) is 0. The molecule has 1 fully saturated rings. The van der Waals surface area contributed by atoms with Crippen LogP contribution in [-0.2, 0) is 9.53 Å². The summed E-state index contributed by atoms with van der Waals surface area (Å²) in [6.07, 6.45) is -4.61. The number of H-pyrrole nitrogens is 1. The van der Waals surface area contributed by atoms with Gasteiger partial charge in [0.2, 0.25) is 11.9 Å². The minimum atomic E-state index is -1.84. The molecule has 3 heterocycles. The fraction of sp³-hybridized carbons (Fsp3) is 0.571. The number of aromatic nitrogens is 4. The van der Waals surface area contributed by atoms with Crippen molar-refractivity contribution in [3.8, 4) is 0 Å². The number of fused-ring (bicyclic) bond motifs is 1. The molecule has 0 aliphatic carbocycles. The lowest BCUT2D eigenvalue weighted by molar-refractivity contribution is -0.118. The first-order chi connectivity index (χ1) is 11.8. The van der Waals surface area contributed by atoms with Crippen LogP contribution in [0.1, 0.15) is 20.1 Å². The zero-order valence-electron chi connectivity index (χ0n) is 13.5. The number of anilines is 1. The van der Waals surface area contributed by atoms with Crippen LogP contribution in [0.3, 0.4) is 0 Å². The van der Waals surface area contributed by atoms with Crippen LogP contribution in [0.5, 0.6) is 0 Å². The third-order valence-electron chi connectivity index (χ3n) is 3.95. The molecular formula is C14H18FN5O5. The number of hydrogen-bond donors (Lipinski definition) is 4. The molecule has 4 N–H and O–H groups in total. The quantitative estimate of drug-likeness (QED) is 0.568. The fourth-order valence-electron chi connectivity index (χ4n) is 2.51. The summed E-state index contributed by atoms with van der Waals surface area (Å²) < 4.78 is 20.8. The average molecular weight is 355 g/mol. The van der Waals surface area contributed by atoms with E-state index >= 15 is 0 Å². The molecule has 1 aliphatic rings. The lowest BCUT2D eigenvalue weighted by Gasteiger charge is -2.15. The first-order valence-corrected chi connectivity index (χ1v) is 7.69. The number of imidazole rings is 1. The molecule has 1 saturated heterocycles. The van der Waals surface area contributed by atoms with E-state index in [0.717, 1.165) is 10.9 Å². The van der Waals surface area contributed by atoms with Gasteiger partial charge in [-0.2, -0.15) is 4.98 Å². The van der Waals surface area contributed by atoms with Crippen molar-refractivity contribution in [2.75, 3.05) is 11.9 Å². The Balaban J connectivity index is 2.01. The molecule has 2 aromatic rings. The number of ether oxygens (including phenoxy) is 1. The smallest absolute Gasteiger partial charge is 0.280 e. The Hall–Kier alpha value is -2.37. The van der Waals surface area contributed by atoms with Gasteiger partial charge in [0.1, 0.15) is 12.2 Å². The summed E-state index contributed by atoms with van der Waals surface area (Å²) >= 11 is 0. The summed E-state index contributed by atoms with van der Waals surface area (Å²) in [4.78, 5) is 34.2. The van der Waals surface area contributed by atoms with Crippen molar-refractivity contribution in [2.45, 2.75) is 38.5 Å². The maximum atomic E-state index is 14.3. The first kappa shape index (κ1) is 17.5. The molecule has 0 saturated carbocycles. The molecule has 0 aromatic carbocycles. The van der Waals surface area contributed by atoms with Crippen LogP contribution in [0.4, 0.5) is 10.3 Å². The Bertz CT molecular complexity index is 850. The summed E-state index contributed by atoms with van der Waals surface area (Å²) in [5, 5.41) is 21.3. The zero-order chi connectivity index (χ0) is 18.3. The summed E-state index contributed by atoms with van der Waals surface area (Å²) in [5.74, 6) is -0.796. The van der Waals surface area contributed by atoms with Crippen LogP contribution in [0.15, 0.2) is 11.1 Å². The average Bonchev–Trinajstić information content (AvgIpc) is 3.10. The van der Waals surface area contributed by atoms with E-state index < -0.39 is 36.8 Å². The molecule has 25 heavy (non-hydrogen) atoms. The molecule has 1 amide bonds. The molecule has 2 aromatic heterocycles. The number of carbonyl (C=O) groups is 1. The van der Waals surface area contributed by atoms with E-state index in [1.165, 1.54) is 0 Å². The van der Waals surface area contributed by atoms with Crippen LogP contribution < -0.4 is 10.9 Å². The van der Waals surface area contributed by atoms with Crippen molar-refractivity contribution in [2.24, 2.45) is 5.92 Å². The van der Waals surface area contributed by atoms with Crippen LogP contribution in [0.2, 0.25) is 0 Å². The van der Waals surface area contributed by atoms with Crippen molar-refractivity contribution < 1.29 is 24.1 Å². The highest BCUT2D eigenvalue weighted by Crippen LogP contribution is 2.33. The van der Waals surface area contributed by atoms with Crippen molar-refractivity contribution >= 4 is 23.0 Å². The highest BCUT2D eigenvalue weighted by Gasteiger charge is 2.45. The molecule has 11 heteroatoms. The van der Waals surface area contributed by atoms with Gasteiger partial charge in [-0.25, -0.2) is 9.37 Å². The number of hydrogen-bond acceptors (Lipinski definition) is 7. The molecular weight excluding hydrogens is 337 g/mol. The second kappa shape index (κ2) is 6.50. The molecule has 1 aliphatic heterocycles. The molecule has 4 atom stereocenters. The number of rotatable bonds is 4. The molecule has 136 valence electrons. The second-order valence-corrected chi connectivity index (χ2v) is 6.07. The summed E-state index contributed by atoms with van der Waals surface area (Å²) in [7, 11) is 0. The third kappa shape index (κ3) is 3.01. The molecule has 0 bridgehead atoms. The first-order valence-electron chi connectivity index (χ1n) is 7.69. The van der Waals surface area contributed by atoms with Gasteiger partial charge in [-0.05, 0) is 0 Å². The van der Waals surface area contributed by atoms with Crippen LogP contribution in [0.25, 0.3) is 11.2 Å². The number of halogens is 1. The van der Waals surface area contributed by atoms with Crippen LogP contribution in [0, 0.1) is 5.92 Å². The second-order valence-electron chi connectivity index (χ2n) is 6.07. The standard InChI is InChI=1S/C14H18FN5O5/c1-5(2)11(23)18-14-17-10-8(12(24)19-14)16-4-20(10)13-7(15)9(22)6(3-21)25-13/h4-7,9,13,21-22H,3H2,1-2H3,(H2,17,18,19,23,24). The van der Waals surface area contributed by atoms with E-state index in [2.05, 4.69) is 20.3 Å². The number of nitrogens with one attached hydrogen (secondary N) is 2. The van der Waals surface area contributed by atoms with Crippen LogP contribution >= 0.6 is 0 Å². The maximum absolute atomic E-state index is 14.3. The van der Waals surface area contributed by atoms with Gasteiger partial charge >= 0.3 is 0 Å². The van der Waals surface area contributed by atoms with Gasteiger partial charge in [0, 0.05) is 5.92 Å². The zero-order valence-corrected chi connectivity index (χ0v) is 13.5. The maximum Gasteiger partial charge on any atom is 0.280 e. The molecule has 10 nitrogen and oxygen atoms in total. The van der Waals surface area contributed by atoms with Gasteiger partial charge in [-0.1, -0.05) is 13.8 Å². The highest BCUT2D eigenvalue weighted by molar-refractivity contribution is 5.91. The van der Waals surface area contributed by atoms with Crippen LogP contribution in [-0.4, -0.2) is 60.6 Å². The third-order valence-corrected chi connectivity index (χ3v) is 3.95. The van der Waals surface area contributed by atoms with Gasteiger partial charge in [0.15, 0.2) is 23.6 Å². The topological polar surface area (TPSA) is 142 Å². The predicted molar refractivity (Wildman–Crippen MR) is 83.5 cm³/mol. The Kier molecular flexibility index (Phi) is 4.54. The largest absolute Gasteiger partial charge is 0.394 e. The number of aliphatic hydroxyl groups excluding tert-OH is 2. The summed E-state index contributed by atoms with van der Waals surface area (Å²) in [6.45, 7) is 2.79. The van der Waals surface area contributed by atoms with Crippen molar-refractivity contribution in [3.63, 3.8) is 0 Å². The van der Waals surface area contributed by atoms with Gasteiger partial charge < -0.3 is 14.9 Å². The number of aromatic amines is 1. The van der Waals surface area contributed by atoms with E-state index in [1.807, 2.05) is 0 Å². The number of carbonyl (C=O) groups excluding carboxylic acids is 1. The van der Waals surface area contributed by atoms with E-state index in [-0.39, 0.29) is 28.9 Å². The number of amides is 1. The van der Waals surface area contributed by atoms with Gasteiger partial charge in [0.05, 0.1) is 12.9 Å². The van der Waals surface area contributed by atoms with E-state index in [0.29, 0.717) is 0 Å². The summed E-state index contributed by atoms with van der Waals surface area (Å²) in [5.41, 5.74) is -0.697. The van der Waals surface area contributed by atoms with Crippen molar-refractivity contribution in [3.05, 3.63) is 16.7 Å². The number of aliphatic hydroxyl groups is 2. The SMILES string of the molecule is CC(C)C(=O)Nc1nc2c(ncn2C2OC(CO)C(O)C2F)c(=O)[nH]1. The van der Waals surface area contributed by atoms with Gasteiger partial charge in [0.25, 0.3) is 5.56 Å². The Morgan fingerprint density at radius 3 is 2.88 bits per heavy atom. The van der Waals surface area contributed by atoms with Gasteiger partial charge in [-0.3, -0.25) is 24.5 Å². The normalized spacial score (nSPS) is 26.5. The molecule has 0 radical (unpaired) electrons. The highest BCUT2D eigenvalue weighted by atomic mass is 19.1. The Morgan fingerprint density at radius 2 is 2.28 bits per heavy atom. The molecule has 4 unspecified atom stereocenters.